The van der Waals surface area contributed by atoms with Crippen molar-refractivity contribution in [1.82, 2.24) is 4.90 Å². The number of nitrogens with zero attached hydrogens (tertiary/aromatic N) is 1. The molecular weight excluding hydrogens is 180 g/mol. The molecule has 82 valence electrons. The number of hydrogen-bond donors (Lipinski definition) is 1. The Kier molecular flexibility index (Phi) is 3.89. The Hall–Kier alpha value is -0.610. The van der Waals surface area contributed by atoms with Gasteiger partial charge in [-0.2, -0.15) is 0 Å². The van der Waals surface area contributed by atoms with E-state index in [1.165, 1.54) is 6.42 Å². The zero-order valence-corrected chi connectivity index (χ0v) is 9.08. The van der Waals surface area contributed by atoms with Crippen molar-refractivity contribution in [2.45, 2.75) is 38.8 Å². The lowest BCUT2D eigenvalue weighted by molar-refractivity contribution is -0.173. The summed E-state index contributed by atoms with van der Waals surface area (Å²) in [5.74, 6) is -0.388. The zero-order chi connectivity index (χ0) is 10.6. The molecule has 1 saturated heterocycles. The van der Waals surface area contributed by atoms with Crippen LogP contribution in [0.4, 0.5) is 0 Å². The molecule has 1 rings (SSSR count). The maximum atomic E-state index is 11.4. The topological polar surface area (TPSA) is 55.6 Å². The Labute approximate surface area is 85.4 Å². The molecule has 0 aromatic carbocycles. The number of likely N-dealkylation sites (tertiary alicyclic amines) is 1. The standard InChI is InChI=1S/C10H20N2O2/c1-3-14-10(2,9(11)13)12-7-5-4-6-8-12/h3-8H2,1-2H3,(H2,11,13). The van der Waals surface area contributed by atoms with Gasteiger partial charge in [-0.15, -0.1) is 0 Å². The number of ether oxygens (including phenoxy) is 1. The van der Waals surface area contributed by atoms with E-state index in [0.717, 1.165) is 25.9 Å². The molecule has 1 aliphatic heterocycles. The van der Waals surface area contributed by atoms with Crippen LogP contribution in [0.1, 0.15) is 33.1 Å². The molecule has 0 bridgehead atoms. The molecular formula is C10H20N2O2. The highest BCUT2D eigenvalue weighted by molar-refractivity contribution is 5.82. The number of carbonyl (C=O) groups is 1. The molecule has 1 unspecified atom stereocenters. The molecule has 1 amide bonds. The first-order chi connectivity index (χ1) is 6.61. The molecule has 1 heterocycles. The maximum Gasteiger partial charge on any atom is 0.264 e. The molecule has 1 aliphatic rings. The second-order valence-corrected chi connectivity index (χ2v) is 3.83. The lowest BCUT2D eigenvalue weighted by Gasteiger charge is -2.40. The SMILES string of the molecule is CCOC(C)(C(N)=O)N1CCCCC1. The molecule has 2 N–H and O–H groups in total. The van der Waals surface area contributed by atoms with Crippen LogP contribution in [0, 0.1) is 0 Å². The molecule has 0 radical (unpaired) electrons. The van der Waals surface area contributed by atoms with E-state index < -0.39 is 5.72 Å². The van der Waals surface area contributed by atoms with Crippen LogP contribution in [-0.2, 0) is 9.53 Å². The third-order valence-corrected chi connectivity index (χ3v) is 2.84. The Morgan fingerprint density at radius 3 is 2.43 bits per heavy atom. The van der Waals surface area contributed by atoms with Crippen molar-refractivity contribution in [3.8, 4) is 0 Å². The van der Waals surface area contributed by atoms with E-state index in [-0.39, 0.29) is 5.91 Å². The second-order valence-electron chi connectivity index (χ2n) is 3.83. The number of piperidine rings is 1. The third kappa shape index (κ3) is 2.25. The van der Waals surface area contributed by atoms with Crippen molar-refractivity contribution < 1.29 is 9.53 Å². The molecule has 0 aromatic heterocycles. The first kappa shape index (κ1) is 11.5. The Balaban J connectivity index is 2.69. The van der Waals surface area contributed by atoms with E-state index in [1.807, 2.05) is 11.8 Å². The van der Waals surface area contributed by atoms with E-state index in [9.17, 15) is 4.79 Å². The smallest absolute Gasteiger partial charge is 0.264 e. The van der Waals surface area contributed by atoms with Gasteiger partial charge in [0.1, 0.15) is 0 Å². The summed E-state index contributed by atoms with van der Waals surface area (Å²) in [5.41, 5.74) is 4.47. The lowest BCUT2D eigenvalue weighted by atomic mass is 10.1. The second kappa shape index (κ2) is 4.75. The average molecular weight is 200 g/mol. The minimum atomic E-state index is -0.908. The molecule has 0 spiro atoms. The maximum absolute atomic E-state index is 11.4. The van der Waals surface area contributed by atoms with Crippen LogP contribution in [0.25, 0.3) is 0 Å². The molecule has 4 nitrogen and oxygen atoms in total. The quantitative estimate of drug-likeness (QED) is 0.727. The van der Waals surface area contributed by atoms with Crippen molar-refractivity contribution in [3.05, 3.63) is 0 Å². The number of nitrogens with two attached hydrogens (primary N) is 1. The summed E-state index contributed by atoms with van der Waals surface area (Å²) in [4.78, 5) is 13.4. The van der Waals surface area contributed by atoms with Crippen LogP contribution < -0.4 is 5.73 Å². The minimum absolute atomic E-state index is 0.388. The fourth-order valence-electron chi connectivity index (χ4n) is 1.92. The highest BCUT2D eigenvalue weighted by atomic mass is 16.5. The van der Waals surface area contributed by atoms with Crippen LogP contribution in [0.3, 0.4) is 0 Å². The van der Waals surface area contributed by atoms with E-state index in [0.29, 0.717) is 6.61 Å². The fraction of sp³-hybridized carbons (Fsp3) is 0.900. The van der Waals surface area contributed by atoms with Crippen molar-refractivity contribution >= 4 is 5.91 Å². The number of primary amides is 1. The molecule has 1 atom stereocenters. The Morgan fingerprint density at radius 2 is 2.00 bits per heavy atom. The summed E-state index contributed by atoms with van der Waals surface area (Å²) >= 11 is 0. The summed E-state index contributed by atoms with van der Waals surface area (Å²) in [6.45, 7) is 5.96. The molecule has 4 heteroatoms. The van der Waals surface area contributed by atoms with Gasteiger partial charge >= 0.3 is 0 Å². The molecule has 0 aliphatic carbocycles. The molecule has 0 aromatic rings. The fourth-order valence-corrected chi connectivity index (χ4v) is 1.92. The Morgan fingerprint density at radius 1 is 1.43 bits per heavy atom. The van der Waals surface area contributed by atoms with Gasteiger partial charge in [0.2, 0.25) is 0 Å². The molecule has 1 fully saturated rings. The first-order valence-electron chi connectivity index (χ1n) is 5.30. The van der Waals surface area contributed by atoms with Gasteiger partial charge in [0.25, 0.3) is 5.91 Å². The lowest BCUT2D eigenvalue weighted by Crippen LogP contribution is -2.58. The van der Waals surface area contributed by atoms with E-state index in [4.69, 9.17) is 10.5 Å². The van der Waals surface area contributed by atoms with Crippen LogP contribution in [-0.4, -0.2) is 36.2 Å². The van der Waals surface area contributed by atoms with Gasteiger partial charge in [0.05, 0.1) is 0 Å². The molecule has 14 heavy (non-hydrogen) atoms. The van der Waals surface area contributed by atoms with Crippen molar-refractivity contribution in [2.24, 2.45) is 5.73 Å². The largest absolute Gasteiger partial charge is 0.366 e. The van der Waals surface area contributed by atoms with Gasteiger partial charge in [0, 0.05) is 19.7 Å². The zero-order valence-electron chi connectivity index (χ0n) is 9.08. The third-order valence-electron chi connectivity index (χ3n) is 2.84. The monoisotopic (exact) mass is 200 g/mol. The number of rotatable bonds is 4. The normalized spacial score (nSPS) is 23.0. The van der Waals surface area contributed by atoms with Crippen LogP contribution in [0.2, 0.25) is 0 Å². The van der Waals surface area contributed by atoms with E-state index in [2.05, 4.69) is 0 Å². The van der Waals surface area contributed by atoms with Gasteiger partial charge < -0.3 is 10.5 Å². The van der Waals surface area contributed by atoms with Gasteiger partial charge in [0.15, 0.2) is 5.72 Å². The van der Waals surface area contributed by atoms with E-state index in [1.54, 1.807) is 6.92 Å². The minimum Gasteiger partial charge on any atom is -0.366 e. The average Bonchev–Trinajstić information content (AvgIpc) is 2.19. The van der Waals surface area contributed by atoms with Gasteiger partial charge in [-0.25, -0.2) is 0 Å². The summed E-state index contributed by atoms with van der Waals surface area (Å²) in [6, 6.07) is 0. The summed E-state index contributed by atoms with van der Waals surface area (Å²) in [6.07, 6.45) is 3.48. The summed E-state index contributed by atoms with van der Waals surface area (Å²) < 4.78 is 5.48. The van der Waals surface area contributed by atoms with E-state index >= 15 is 0 Å². The van der Waals surface area contributed by atoms with Crippen LogP contribution in [0.15, 0.2) is 0 Å². The van der Waals surface area contributed by atoms with Crippen LogP contribution in [0.5, 0.6) is 0 Å². The molecule has 0 saturated carbocycles. The predicted molar refractivity (Wildman–Crippen MR) is 54.6 cm³/mol. The number of amides is 1. The summed E-state index contributed by atoms with van der Waals surface area (Å²) in [7, 11) is 0. The highest BCUT2D eigenvalue weighted by Gasteiger charge is 2.38. The van der Waals surface area contributed by atoms with Crippen molar-refractivity contribution in [2.75, 3.05) is 19.7 Å². The highest BCUT2D eigenvalue weighted by Crippen LogP contribution is 2.21. The number of carbonyl (C=O) groups excluding carboxylic acids is 1. The predicted octanol–water partition coefficient (Wildman–Crippen LogP) is 0.710. The van der Waals surface area contributed by atoms with Crippen molar-refractivity contribution in [1.29, 1.82) is 0 Å². The summed E-state index contributed by atoms with van der Waals surface area (Å²) in [5, 5.41) is 0. The number of hydrogen-bond acceptors (Lipinski definition) is 3. The van der Waals surface area contributed by atoms with Gasteiger partial charge in [-0.05, 0) is 26.7 Å². The van der Waals surface area contributed by atoms with Gasteiger partial charge in [-0.3, -0.25) is 9.69 Å². The Bertz CT molecular complexity index is 202. The van der Waals surface area contributed by atoms with Gasteiger partial charge in [-0.1, -0.05) is 6.42 Å². The first-order valence-corrected chi connectivity index (χ1v) is 5.30. The van der Waals surface area contributed by atoms with Crippen molar-refractivity contribution in [3.63, 3.8) is 0 Å². The van der Waals surface area contributed by atoms with Crippen LogP contribution >= 0.6 is 0 Å².